The highest BCUT2D eigenvalue weighted by Gasteiger charge is 1.85. The first-order valence-corrected chi connectivity index (χ1v) is 7.15. The Morgan fingerprint density at radius 3 is 1.28 bits per heavy atom. The van der Waals surface area contributed by atoms with Crippen molar-refractivity contribution < 1.29 is 0 Å². The minimum absolute atomic E-state index is 1.31. The smallest absolute Gasteiger partial charge is 0.00691 e. The van der Waals surface area contributed by atoms with Gasteiger partial charge in [-0.05, 0) is 29.2 Å². The number of thioether (sulfide) groups is 1. The lowest BCUT2D eigenvalue weighted by molar-refractivity contribution is 1.47. The molecule has 0 atom stereocenters. The van der Waals surface area contributed by atoms with Gasteiger partial charge in [-0.1, -0.05) is 66.7 Å². The Hall–Kier alpha value is -1.73. The summed E-state index contributed by atoms with van der Waals surface area (Å²) in [6, 6.07) is 27.0. The predicted molar refractivity (Wildman–Crippen MR) is 82.2 cm³/mol. The van der Waals surface area contributed by atoms with Gasteiger partial charge in [0.15, 0.2) is 0 Å². The van der Waals surface area contributed by atoms with Crippen LogP contribution in [0.4, 0.5) is 0 Å². The van der Waals surface area contributed by atoms with Gasteiger partial charge in [0.25, 0.3) is 0 Å². The SMILES string of the molecule is CSc1ccccc1.c1ccc2ccccc2c1. The summed E-state index contributed by atoms with van der Waals surface area (Å²) in [6.45, 7) is 0. The molecule has 0 bridgehead atoms. The maximum Gasteiger partial charge on any atom is 0.00691 e. The Balaban J connectivity index is 0.000000138. The molecular formula is C17H16S. The average Bonchev–Trinajstić information content (AvgIpc) is 2.49. The zero-order chi connectivity index (χ0) is 12.6. The van der Waals surface area contributed by atoms with Crippen molar-refractivity contribution >= 4 is 22.5 Å². The second kappa shape index (κ2) is 6.87. The van der Waals surface area contributed by atoms with E-state index in [9.17, 15) is 0 Å². The van der Waals surface area contributed by atoms with Crippen molar-refractivity contribution in [3.8, 4) is 0 Å². The molecule has 0 aliphatic carbocycles. The van der Waals surface area contributed by atoms with Crippen LogP contribution in [-0.2, 0) is 0 Å². The molecule has 0 unspecified atom stereocenters. The van der Waals surface area contributed by atoms with Gasteiger partial charge in [-0.15, -0.1) is 11.8 Å². The molecule has 0 spiro atoms. The molecule has 0 amide bonds. The summed E-state index contributed by atoms with van der Waals surface area (Å²) in [5.41, 5.74) is 0. The van der Waals surface area contributed by atoms with E-state index in [0.29, 0.717) is 0 Å². The molecule has 0 fully saturated rings. The van der Waals surface area contributed by atoms with E-state index in [1.54, 1.807) is 11.8 Å². The normalized spacial score (nSPS) is 9.61. The fourth-order valence-electron chi connectivity index (χ4n) is 1.69. The molecular weight excluding hydrogens is 236 g/mol. The molecule has 0 aliphatic rings. The molecule has 1 heteroatoms. The molecule has 0 aromatic heterocycles. The van der Waals surface area contributed by atoms with Gasteiger partial charge in [0.05, 0.1) is 0 Å². The van der Waals surface area contributed by atoms with Gasteiger partial charge >= 0.3 is 0 Å². The van der Waals surface area contributed by atoms with Gasteiger partial charge in [-0.2, -0.15) is 0 Å². The minimum Gasteiger partial charge on any atom is -0.130 e. The summed E-state index contributed by atoms with van der Waals surface area (Å²) in [5, 5.41) is 2.62. The number of fused-ring (bicyclic) bond motifs is 1. The van der Waals surface area contributed by atoms with Crippen LogP contribution in [0.5, 0.6) is 0 Å². The van der Waals surface area contributed by atoms with Crippen LogP contribution in [0.2, 0.25) is 0 Å². The molecule has 0 heterocycles. The van der Waals surface area contributed by atoms with E-state index in [1.165, 1.54) is 15.7 Å². The molecule has 3 aromatic carbocycles. The van der Waals surface area contributed by atoms with Crippen molar-refractivity contribution in [1.82, 2.24) is 0 Å². The highest BCUT2D eigenvalue weighted by Crippen LogP contribution is 2.12. The van der Waals surface area contributed by atoms with E-state index in [4.69, 9.17) is 0 Å². The second-order valence-corrected chi connectivity index (χ2v) is 4.74. The molecule has 3 aromatic rings. The first-order valence-electron chi connectivity index (χ1n) is 5.93. The third kappa shape index (κ3) is 3.64. The Morgan fingerprint density at radius 1 is 0.556 bits per heavy atom. The first kappa shape index (κ1) is 12.7. The maximum absolute atomic E-state index is 2.12. The summed E-state index contributed by atoms with van der Waals surface area (Å²) in [4.78, 5) is 1.33. The van der Waals surface area contributed by atoms with E-state index in [2.05, 4.69) is 66.9 Å². The molecule has 0 aliphatic heterocycles. The van der Waals surface area contributed by atoms with Gasteiger partial charge in [0, 0.05) is 4.90 Å². The van der Waals surface area contributed by atoms with Gasteiger partial charge in [0.1, 0.15) is 0 Å². The monoisotopic (exact) mass is 252 g/mol. The average molecular weight is 252 g/mol. The Morgan fingerprint density at radius 2 is 0.944 bits per heavy atom. The van der Waals surface area contributed by atoms with Crippen LogP contribution < -0.4 is 0 Å². The zero-order valence-corrected chi connectivity index (χ0v) is 11.2. The van der Waals surface area contributed by atoms with E-state index >= 15 is 0 Å². The largest absolute Gasteiger partial charge is 0.130 e. The van der Waals surface area contributed by atoms with Gasteiger partial charge in [0.2, 0.25) is 0 Å². The van der Waals surface area contributed by atoms with Crippen molar-refractivity contribution in [3.05, 3.63) is 78.9 Å². The van der Waals surface area contributed by atoms with Crippen molar-refractivity contribution in [2.24, 2.45) is 0 Å². The number of hydrogen-bond acceptors (Lipinski definition) is 1. The molecule has 0 N–H and O–H groups in total. The summed E-state index contributed by atoms with van der Waals surface area (Å²) in [5.74, 6) is 0. The topological polar surface area (TPSA) is 0 Å². The van der Waals surface area contributed by atoms with Crippen LogP contribution in [0.25, 0.3) is 10.8 Å². The molecule has 0 saturated heterocycles. The van der Waals surface area contributed by atoms with Crippen LogP contribution in [-0.4, -0.2) is 6.26 Å². The number of benzene rings is 3. The lowest BCUT2D eigenvalue weighted by Gasteiger charge is -1.92. The lowest BCUT2D eigenvalue weighted by Crippen LogP contribution is -1.67. The highest BCUT2D eigenvalue weighted by atomic mass is 32.2. The summed E-state index contributed by atoms with van der Waals surface area (Å²) < 4.78 is 0. The maximum atomic E-state index is 2.12. The molecule has 18 heavy (non-hydrogen) atoms. The highest BCUT2D eigenvalue weighted by molar-refractivity contribution is 7.98. The Bertz CT molecular complexity index is 522. The van der Waals surface area contributed by atoms with E-state index < -0.39 is 0 Å². The van der Waals surface area contributed by atoms with E-state index in [0.717, 1.165) is 0 Å². The summed E-state index contributed by atoms with van der Waals surface area (Å²) in [7, 11) is 0. The van der Waals surface area contributed by atoms with Crippen LogP contribution in [0.1, 0.15) is 0 Å². The molecule has 90 valence electrons. The van der Waals surface area contributed by atoms with Crippen molar-refractivity contribution in [3.63, 3.8) is 0 Å². The van der Waals surface area contributed by atoms with Crippen molar-refractivity contribution in [2.45, 2.75) is 4.90 Å². The molecule has 0 radical (unpaired) electrons. The number of hydrogen-bond donors (Lipinski definition) is 0. The second-order valence-electron chi connectivity index (χ2n) is 3.86. The Kier molecular flexibility index (Phi) is 4.86. The van der Waals surface area contributed by atoms with E-state index in [1.807, 2.05) is 18.2 Å². The van der Waals surface area contributed by atoms with Crippen LogP contribution >= 0.6 is 11.8 Å². The Labute approximate surface area is 113 Å². The first-order chi connectivity index (χ1) is 8.90. The molecule has 0 nitrogen and oxygen atoms in total. The molecule has 0 saturated carbocycles. The zero-order valence-electron chi connectivity index (χ0n) is 10.4. The fraction of sp³-hybridized carbons (Fsp3) is 0.0588. The standard InChI is InChI=1S/C10H8.C7H8S/c1-2-6-10-8-4-3-7-9(10)5-1;1-8-7-5-3-2-4-6-7/h1-8H;2-6H,1H3. The van der Waals surface area contributed by atoms with Crippen molar-refractivity contribution in [2.75, 3.05) is 6.26 Å². The lowest BCUT2D eigenvalue weighted by atomic mass is 10.1. The van der Waals surface area contributed by atoms with Gasteiger partial charge in [-0.25, -0.2) is 0 Å². The summed E-state index contributed by atoms with van der Waals surface area (Å²) >= 11 is 1.77. The van der Waals surface area contributed by atoms with Gasteiger partial charge < -0.3 is 0 Å². The third-order valence-electron chi connectivity index (χ3n) is 2.64. The van der Waals surface area contributed by atoms with Crippen LogP contribution in [0.3, 0.4) is 0 Å². The third-order valence-corrected chi connectivity index (χ3v) is 3.38. The van der Waals surface area contributed by atoms with Crippen LogP contribution in [0.15, 0.2) is 83.8 Å². The quantitative estimate of drug-likeness (QED) is 0.533. The van der Waals surface area contributed by atoms with Crippen molar-refractivity contribution in [1.29, 1.82) is 0 Å². The minimum atomic E-state index is 1.31. The number of rotatable bonds is 1. The van der Waals surface area contributed by atoms with E-state index in [-0.39, 0.29) is 0 Å². The predicted octanol–water partition coefficient (Wildman–Crippen LogP) is 5.25. The fourth-order valence-corrected chi connectivity index (χ4v) is 2.12. The van der Waals surface area contributed by atoms with Gasteiger partial charge in [-0.3, -0.25) is 0 Å². The summed E-state index contributed by atoms with van der Waals surface area (Å²) in [6.07, 6.45) is 2.08. The molecule has 3 rings (SSSR count). The van der Waals surface area contributed by atoms with Crippen LogP contribution in [0, 0.1) is 0 Å².